The number of anilines is 3. The van der Waals surface area contributed by atoms with Crippen LogP contribution in [0.2, 0.25) is 0 Å². The van der Waals surface area contributed by atoms with Crippen LogP contribution < -0.4 is 20.3 Å². The van der Waals surface area contributed by atoms with Gasteiger partial charge in [-0.25, -0.2) is 33.2 Å². The van der Waals surface area contributed by atoms with Gasteiger partial charge in [0.05, 0.1) is 17.6 Å². The summed E-state index contributed by atoms with van der Waals surface area (Å²) in [5.41, 5.74) is 4.61. The Balaban J connectivity index is 1.78. The Morgan fingerprint density at radius 3 is 2.45 bits per heavy atom. The van der Waals surface area contributed by atoms with Gasteiger partial charge in [-0.15, -0.1) is 0 Å². The number of rotatable bonds is 7. The maximum absolute atomic E-state index is 13.5. The number of hydrogen-bond donors (Lipinski definition) is 1. The Labute approximate surface area is 222 Å². The van der Waals surface area contributed by atoms with E-state index in [-0.39, 0.29) is 29.2 Å². The molecule has 16 heteroatoms. The van der Waals surface area contributed by atoms with Gasteiger partial charge in [0, 0.05) is 24.0 Å². The van der Waals surface area contributed by atoms with Crippen LogP contribution in [0.25, 0.3) is 0 Å². The van der Waals surface area contributed by atoms with Crippen molar-refractivity contribution in [2.24, 2.45) is 0 Å². The quantitative estimate of drug-likeness (QED) is 0.244. The Morgan fingerprint density at radius 2 is 1.82 bits per heavy atom. The lowest BCUT2D eigenvalue weighted by atomic mass is 10.00. The second-order valence-corrected chi connectivity index (χ2v) is 8.59. The minimum absolute atomic E-state index is 0.0589. The van der Waals surface area contributed by atoms with E-state index in [1.165, 1.54) is 30.5 Å². The fraction of sp³-hybridized carbons (Fsp3) is 0.250. The van der Waals surface area contributed by atoms with Gasteiger partial charge in [0.2, 0.25) is 11.8 Å². The molecule has 1 aliphatic heterocycles. The third kappa shape index (κ3) is 5.60. The number of carbonyl (C=O) groups is 3. The number of benzene rings is 1. The Kier molecular flexibility index (Phi) is 7.53. The number of carbonyl (C=O) groups excluding carboxylic acids is 3. The number of pyridine rings is 1. The standard InChI is InChI=1S/C24H19F5N6O5/c1-11(2)15-8-14(39-17-5-6-32-22(30)33-17)3-4-16(15)35-19(36)20(40-21(37)24(27,28)29)34(23(35)38)13-7-12(18(25)26)9-31-10-13/h3-11,18,20H,1-2H3,(H2,30,32,33). The average Bonchev–Trinajstić information content (AvgIpc) is 3.12. The molecule has 40 heavy (non-hydrogen) atoms. The molecule has 1 fully saturated rings. The third-order valence-corrected chi connectivity index (χ3v) is 5.52. The molecule has 3 heterocycles. The van der Waals surface area contributed by atoms with Crippen molar-refractivity contribution < 1.29 is 45.8 Å². The monoisotopic (exact) mass is 566 g/mol. The number of imide groups is 1. The summed E-state index contributed by atoms with van der Waals surface area (Å²) in [6.07, 6.45) is -8.05. The van der Waals surface area contributed by atoms with Crippen LogP contribution in [0.4, 0.5) is 44.1 Å². The van der Waals surface area contributed by atoms with Gasteiger partial charge < -0.3 is 15.2 Å². The predicted octanol–water partition coefficient (Wildman–Crippen LogP) is 4.71. The summed E-state index contributed by atoms with van der Waals surface area (Å²) >= 11 is 0. The van der Waals surface area contributed by atoms with Crippen LogP contribution in [-0.2, 0) is 14.3 Å². The summed E-state index contributed by atoms with van der Waals surface area (Å²) in [5.74, 6) is -4.29. The molecule has 0 bridgehead atoms. The van der Waals surface area contributed by atoms with Crippen molar-refractivity contribution >= 4 is 35.2 Å². The van der Waals surface area contributed by atoms with E-state index in [1.807, 2.05) is 0 Å². The van der Waals surface area contributed by atoms with Crippen molar-refractivity contribution in [2.45, 2.75) is 38.6 Å². The smallest absolute Gasteiger partial charge is 0.439 e. The molecule has 0 saturated carbocycles. The molecular weight excluding hydrogens is 547 g/mol. The summed E-state index contributed by atoms with van der Waals surface area (Å²) < 4.78 is 75.7. The molecule has 210 valence electrons. The number of aromatic nitrogens is 3. The molecule has 0 aliphatic carbocycles. The molecule has 3 aromatic rings. The van der Waals surface area contributed by atoms with Crippen molar-refractivity contribution in [2.75, 3.05) is 15.5 Å². The molecule has 1 aromatic carbocycles. The van der Waals surface area contributed by atoms with Crippen LogP contribution in [0.3, 0.4) is 0 Å². The van der Waals surface area contributed by atoms with Crippen LogP contribution in [0.1, 0.15) is 37.3 Å². The molecule has 4 rings (SSSR count). The zero-order valence-electron chi connectivity index (χ0n) is 20.6. The van der Waals surface area contributed by atoms with Crippen LogP contribution >= 0.6 is 0 Å². The second-order valence-electron chi connectivity index (χ2n) is 8.59. The predicted molar refractivity (Wildman–Crippen MR) is 128 cm³/mol. The summed E-state index contributed by atoms with van der Waals surface area (Å²) in [5, 5.41) is 0. The summed E-state index contributed by atoms with van der Waals surface area (Å²) in [4.78, 5) is 50.6. The number of halogens is 5. The van der Waals surface area contributed by atoms with E-state index in [9.17, 15) is 36.3 Å². The van der Waals surface area contributed by atoms with Crippen molar-refractivity contribution in [3.63, 3.8) is 0 Å². The van der Waals surface area contributed by atoms with Crippen molar-refractivity contribution in [3.05, 3.63) is 60.0 Å². The lowest BCUT2D eigenvalue weighted by molar-refractivity contribution is -0.204. The molecule has 0 radical (unpaired) electrons. The average molecular weight is 566 g/mol. The molecule has 0 spiro atoms. The number of nitrogens with zero attached hydrogens (tertiary/aromatic N) is 5. The lowest BCUT2D eigenvalue weighted by Crippen LogP contribution is -2.42. The van der Waals surface area contributed by atoms with Gasteiger partial charge in [-0.05, 0) is 35.7 Å². The summed E-state index contributed by atoms with van der Waals surface area (Å²) in [6, 6.07) is 4.98. The van der Waals surface area contributed by atoms with E-state index in [2.05, 4.69) is 19.7 Å². The van der Waals surface area contributed by atoms with E-state index in [0.29, 0.717) is 15.4 Å². The molecule has 1 saturated heterocycles. The van der Waals surface area contributed by atoms with Gasteiger partial charge in [0.1, 0.15) is 5.75 Å². The Hall–Kier alpha value is -4.89. The molecule has 3 amide bonds. The van der Waals surface area contributed by atoms with Crippen molar-refractivity contribution in [1.82, 2.24) is 15.0 Å². The van der Waals surface area contributed by atoms with Crippen molar-refractivity contribution in [3.8, 4) is 11.6 Å². The van der Waals surface area contributed by atoms with Gasteiger partial charge >= 0.3 is 18.2 Å². The molecular formula is C24H19F5N6O5. The molecule has 2 aromatic heterocycles. The number of nitrogen functional groups attached to an aromatic ring is 1. The Bertz CT molecular complexity index is 1470. The van der Waals surface area contributed by atoms with E-state index in [4.69, 9.17) is 10.5 Å². The summed E-state index contributed by atoms with van der Waals surface area (Å²) in [6.45, 7) is 3.40. The normalized spacial score (nSPS) is 15.8. The Morgan fingerprint density at radius 1 is 1.10 bits per heavy atom. The number of esters is 1. The van der Waals surface area contributed by atoms with Gasteiger partial charge in [-0.2, -0.15) is 18.2 Å². The third-order valence-electron chi connectivity index (χ3n) is 5.52. The van der Waals surface area contributed by atoms with Gasteiger partial charge in [-0.1, -0.05) is 13.8 Å². The van der Waals surface area contributed by atoms with E-state index < -0.39 is 48.0 Å². The first-order valence-corrected chi connectivity index (χ1v) is 11.4. The van der Waals surface area contributed by atoms with E-state index >= 15 is 0 Å². The fourth-order valence-electron chi connectivity index (χ4n) is 3.75. The molecule has 2 N–H and O–H groups in total. The fourth-order valence-corrected chi connectivity index (χ4v) is 3.75. The zero-order valence-corrected chi connectivity index (χ0v) is 20.6. The minimum atomic E-state index is -5.52. The number of nitrogens with two attached hydrogens (primary N) is 1. The minimum Gasteiger partial charge on any atom is -0.439 e. The largest absolute Gasteiger partial charge is 0.491 e. The maximum Gasteiger partial charge on any atom is 0.491 e. The maximum atomic E-state index is 13.5. The number of hydrogen-bond acceptors (Lipinski definition) is 9. The van der Waals surface area contributed by atoms with Gasteiger partial charge in [0.15, 0.2) is 0 Å². The van der Waals surface area contributed by atoms with Crippen LogP contribution in [0.15, 0.2) is 48.9 Å². The van der Waals surface area contributed by atoms with Gasteiger partial charge in [-0.3, -0.25) is 9.78 Å². The molecule has 1 aliphatic rings. The van der Waals surface area contributed by atoms with E-state index in [0.717, 1.165) is 18.5 Å². The molecule has 11 nitrogen and oxygen atoms in total. The molecule has 1 atom stereocenters. The highest BCUT2D eigenvalue weighted by Gasteiger charge is 2.53. The number of urea groups is 1. The topological polar surface area (TPSA) is 141 Å². The molecule has 1 unspecified atom stereocenters. The second kappa shape index (κ2) is 10.7. The van der Waals surface area contributed by atoms with Crippen molar-refractivity contribution in [1.29, 1.82) is 0 Å². The number of alkyl halides is 5. The first-order chi connectivity index (χ1) is 18.8. The van der Waals surface area contributed by atoms with Gasteiger partial charge in [0.25, 0.3) is 18.6 Å². The van der Waals surface area contributed by atoms with E-state index in [1.54, 1.807) is 13.8 Å². The lowest BCUT2D eigenvalue weighted by Gasteiger charge is -2.22. The highest BCUT2D eigenvalue weighted by atomic mass is 19.4. The van der Waals surface area contributed by atoms with Crippen LogP contribution in [0.5, 0.6) is 11.6 Å². The SMILES string of the molecule is CC(C)c1cc(Oc2ccnc(N)n2)ccc1N1C(=O)C(OC(=O)C(F)(F)F)N(c2cncc(C(F)F)c2)C1=O. The first-order valence-electron chi connectivity index (χ1n) is 11.4. The number of ether oxygens (including phenoxy) is 2. The summed E-state index contributed by atoms with van der Waals surface area (Å²) in [7, 11) is 0. The van der Waals surface area contributed by atoms with Crippen LogP contribution in [0, 0.1) is 0 Å². The zero-order chi connectivity index (χ0) is 29.4. The highest BCUT2D eigenvalue weighted by molar-refractivity contribution is 6.28. The number of amides is 3. The van der Waals surface area contributed by atoms with Crippen LogP contribution in [-0.4, -0.2) is 45.3 Å². The highest BCUT2D eigenvalue weighted by Crippen LogP contribution is 2.38. The first kappa shape index (κ1) is 28.1.